The van der Waals surface area contributed by atoms with E-state index in [2.05, 4.69) is 4.84 Å². The predicted molar refractivity (Wildman–Crippen MR) is 42.1 cm³/mol. The first-order valence-corrected chi connectivity index (χ1v) is 4.73. The molecule has 0 amide bonds. The molecule has 72 valence electrons. The lowest BCUT2D eigenvalue weighted by atomic mass is 10.5. The van der Waals surface area contributed by atoms with E-state index in [-0.39, 0.29) is 6.42 Å². The summed E-state index contributed by atoms with van der Waals surface area (Å²) in [7, 11) is -1.02. The summed E-state index contributed by atoms with van der Waals surface area (Å²) in [6.07, 6.45) is 0.121. The molecule has 6 nitrogen and oxygen atoms in total. The molecule has 0 fully saturated rings. The molecule has 0 radical (unpaired) electrons. The molecule has 0 aromatic heterocycles. The van der Waals surface area contributed by atoms with E-state index in [9.17, 15) is 13.2 Å². The standard InChI is InChI=1S/C5H12N2O4S/c1-4-5(8)11-6-12(9,10)7(2)3/h6H,4H2,1-3H3. The first-order chi connectivity index (χ1) is 5.40. The summed E-state index contributed by atoms with van der Waals surface area (Å²) in [5.74, 6) is -0.625. The van der Waals surface area contributed by atoms with Crippen LogP contribution in [0, 0.1) is 0 Å². The molecule has 0 aromatic rings. The lowest BCUT2D eigenvalue weighted by molar-refractivity contribution is -0.146. The van der Waals surface area contributed by atoms with Crippen molar-refractivity contribution in [2.24, 2.45) is 0 Å². The Kier molecular flexibility index (Phi) is 4.15. The summed E-state index contributed by atoms with van der Waals surface area (Å²) >= 11 is 0. The van der Waals surface area contributed by atoms with E-state index in [1.165, 1.54) is 14.1 Å². The van der Waals surface area contributed by atoms with Gasteiger partial charge < -0.3 is 4.84 Å². The van der Waals surface area contributed by atoms with Gasteiger partial charge in [-0.2, -0.15) is 12.7 Å². The molecule has 0 saturated carbocycles. The molecule has 0 aliphatic rings. The van der Waals surface area contributed by atoms with Gasteiger partial charge in [-0.1, -0.05) is 6.92 Å². The molecule has 0 aliphatic heterocycles. The van der Waals surface area contributed by atoms with Gasteiger partial charge in [-0.3, -0.25) is 4.79 Å². The predicted octanol–water partition coefficient (Wildman–Crippen LogP) is -0.749. The highest BCUT2D eigenvalue weighted by atomic mass is 32.2. The van der Waals surface area contributed by atoms with Crippen LogP contribution >= 0.6 is 0 Å². The quantitative estimate of drug-likeness (QED) is 0.600. The van der Waals surface area contributed by atoms with Crippen LogP contribution in [-0.2, 0) is 19.8 Å². The second-order valence-electron chi connectivity index (χ2n) is 2.20. The van der Waals surface area contributed by atoms with Crippen molar-refractivity contribution in [1.29, 1.82) is 0 Å². The third kappa shape index (κ3) is 3.65. The number of nitrogens with zero attached hydrogens (tertiary/aromatic N) is 1. The Bertz CT molecular complexity index is 246. The smallest absolute Gasteiger partial charge is 0.325 e. The molecule has 0 heterocycles. The maximum absolute atomic E-state index is 10.9. The number of hydrogen-bond donors (Lipinski definition) is 1. The van der Waals surface area contributed by atoms with Gasteiger partial charge in [-0.25, -0.2) is 0 Å². The second-order valence-corrected chi connectivity index (χ2v) is 4.05. The fraction of sp³-hybridized carbons (Fsp3) is 0.800. The fourth-order valence-corrected chi connectivity index (χ4v) is 0.593. The SMILES string of the molecule is CCC(=O)ONS(=O)(=O)N(C)C. The van der Waals surface area contributed by atoms with Crippen LogP contribution in [0.25, 0.3) is 0 Å². The number of hydrogen-bond acceptors (Lipinski definition) is 4. The highest BCUT2D eigenvalue weighted by Crippen LogP contribution is 1.89. The molecular weight excluding hydrogens is 184 g/mol. The third-order valence-electron chi connectivity index (χ3n) is 1.03. The number of nitrogens with one attached hydrogen (secondary N) is 1. The van der Waals surface area contributed by atoms with Crippen molar-refractivity contribution >= 4 is 16.2 Å². The van der Waals surface area contributed by atoms with Crippen molar-refractivity contribution in [2.75, 3.05) is 14.1 Å². The Morgan fingerprint density at radius 1 is 1.50 bits per heavy atom. The summed E-state index contributed by atoms with van der Waals surface area (Å²) in [6.45, 7) is 1.56. The summed E-state index contributed by atoms with van der Waals surface area (Å²) in [4.78, 5) is 16.4. The molecule has 12 heavy (non-hydrogen) atoms. The molecule has 0 atom stereocenters. The fourth-order valence-electron chi connectivity index (χ4n) is 0.246. The van der Waals surface area contributed by atoms with Crippen LogP contribution in [0.2, 0.25) is 0 Å². The number of rotatable bonds is 4. The zero-order chi connectivity index (χ0) is 9.78. The molecule has 0 bridgehead atoms. The molecule has 0 spiro atoms. The van der Waals surface area contributed by atoms with Crippen molar-refractivity contribution < 1.29 is 18.0 Å². The zero-order valence-electron chi connectivity index (χ0n) is 7.20. The molecule has 7 heteroatoms. The average molecular weight is 196 g/mol. The maximum atomic E-state index is 10.9. The average Bonchev–Trinajstić information content (AvgIpc) is 2.00. The summed E-state index contributed by atoms with van der Waals surface area (Å²) in [5, 5.41) is 0. The van der Waals surface area contributed by atoms with Crippen molar-refractivity contribution in [3.8, 4) is 0 Å². The van der Waals surface area contributed by atoms with Gasteiger partial charge in [0, 0.05) is 20.5 Å². The summed E-state index contributed by atoms with van der Waals surface area (Å²) in [5.41, 5.74) is 0. The van der Waals surface area contributed by atoms with E-state index in [1.807, 2.05) is 0 Å². The van der Waals surface area contributed by atoms with Crippen LogP contribution in [0.3, 0.4) is 0 Å². The lowest BCUT2D eigenvalue weighted by Gasteiger charge is -2.10. The Hall–Kier alpha value is -0.660. The molecule has 0 rings (SSSR count). The minimum atomic E-state index is -3.66. The highest BCUT2D eigenvalue weighted by molar-refractivity contribution is 7.86. The third-order valence-corrected chi connectivity index (χ3v) is 2.29. The van der Waals surface area contributed by atoms with E-state index in [4.69, 9.17) is 0 Å². The molecule has 0 aromatic carbocycles. The van der Waals surface area contributed by atoms with Gasteiger partial charge in [0.2, 0.25) is 0 Å². The number of carbonyl (C=O) groups is 1. The monoisotopic (exact) mass is 196 g/mol. The molecule has 0 unspecified atom stereocenters. The van der Waals surface area contributed by atoms with E-state index < -0.39 is 16.2 Å². The van der Waals surface area contributed by atoms with E-state index >= 15 is 0 Å². The minimum Gasteiger partial charge on any atom is -0.355 e. The maximum Gasteiger partial charge on any atom is 0.325 e. The van der Waals surface area contributed by atoms with Gasteiger partial charge in [0.15, 0.2) is 0 Å². The van der Waals surface area contributed by atoms with Crippen LogP contribution in [0.15, 0.2) is 0 Å². The number of carbonyl (C=O) groups excluding carboxylic acids is 1. The molecule has 1 N–H and O–H groups in total. The molecule has 0 saturated heterocycles. The summed E-state index contributed by atoms with van der Waals surface area (Å²) < 4.78 is 22.7. The Morgan fingerprint density at radius 2 is 2.00 bits per heavy atom. The minimum absolute atomic E-state index is 0.121. The van der Waals surface area contributed by atoms with Crippen molar-refractivity contribution in [2.45, 2.75) is 13.3 Å². The first kappa shape index (κ1) is 11.3. The van der Waals surface area contributed by atoms with E-state index in [1.54, 1.807) is 11.8 Å². The van der Waals surface area contributed by atoms with Crippen LogP contribution in [0.1, 0.15) is 13.3 Å². The van der Waals surface area contributed by atoms with E-state index in [0.29, 0.717) is 0 Å². The van der Waals surface area contributed by atoms with Gasteiger partial charge in [0.05, 0.1) is 0 Å². The van der Waals surface area contributed by atoms with E-state index in [0.717, 1.165) is 4.31 Å². The second kappa shape index (κ2) is 4.39. The topological polar surface area (TPSA) is 75.7 Å². The van der Waals surface area contributed by atoms with Crippen LogP contribution in [0.5, 0.6) is 0 Å². The van der Waals surface area contributed by atoms with Gasteiger partial charge in [-0.15, -0.1) is 0 Å². The van der Waals surface area contributed by atoms with Gasteiger partial charge in [0.1, 0.15) is 0 Å². The normalized spacial score (nSPS) is 11.7. The van der Waals surface area contributed by atoms with Gasteiger partial charge >= 0.3 is 16.2 Å². The zero-order valence-corrected chi connectivity index (χ0v) is 8.01. The van der Waals surface area contributed by atoms with Crippen LogP contribution in [0.4, 0.5) is 0 Å². The molecular formula is C5H12N2O4S. The van der Waals surface area contributed by atoms with Crippen LogP contribution in [-0.4, -0.2) is 32.8 Å². The van der Waals surface area contributed by atoms with Gasteiger partial charge in [-0.05, 0) is 4.89 Å². The van der Waals surface area contributed by atoms with Crippen molar-refractivity contribution in [3.63, 3.8) is 0 Å². The Morgan fingerprint density at radius 3 is 2.33 bits per heavy atom. The Balaban J connectivity index is 4.02. The van der Waals surface area contributed by atoms with Crippen molar-refractivity contribution in [3.05, 3.63) is 0 Å². The molecule has 0 aliphatic carbocycles. The lowest BCUT2D eigenvalue weighted by Crippen LogP contribution is -2.36. The highest BCUT2D eigenvalue weighted by Gasteiger charge is 2.14. The van der Waals surface area contributed by atoms with Gasteiger partial charge in [0.25, 0.3) is 0 Å². The summed E-state index contributed by atoms with van der Waals surface area (Å²) in [6, 6.07) is 0. The largest absolute Gasteiger partial charge is 0.355 e. The Labute approximate surface area is 71.6 Å². The van der Waals surface area contributed by atoms with Crippen molar-refractivity contribution in [1.82, 2.24) is 9.19 Å². The first-order valence-electron chi connectivity index (χ1n) is 3.29. The van der Waals surface area contributed by atoms with Crippen LogP contribution < -0.4 is 4.89 Å².